The molecule has 0 saturated heterocycles. The van der Waals surface area contributed by atoms with Crippen molar-refractivity contribution in [2.45, 2.75) is 84.5 Å². The smallest absolute Gasteiger partial charge is 0.335 e. The van der Waals surface area contributed by atoms with Crippen LogP contribution < -0.4 is 0 Å². The summed E-state index contributed by atoms with van der Waals surface area (Å²) in [6.45, 7) is 7.84. The van der Waals surface area contributed by atoms with Crippen molar-refractivity contribution in [2.24, 2.45) is 17.8 Å². The maximum atomic E-state index is 11.7. The predicted molar refractivity (Wildman–Crippen MR) is 131 cm³/mol. The number of unbranched alkanes of at least 4 members (excludes halogenated alkanes) is 2. The van der Waals surface area contributed by atoms with Gasteiger partial charge < -0.3 is 14.9 Å². The standard InChI is InChI=1S/C28H44O4/c1-4-6-7-8-23-12-16-25(24(5-2)17-23)13-9-22-10-14-26(15-11-22)27(19-30)20-32-28(31)21(3)18-29/h12,16-17,22,26-27,29-30H,3-11,13-15,18-20H2,1-2H3. The summed E-state index contributed by atoms with van der Waals surface area (Å²) in [5.74, 6) is 0.525. The van der Waals surface area contributed by atoms with Crippen molar-refractivity contribution in [3.05, 3.63) is 47.0 Å². The first-order valence-electron chi connectivity index (χ1n) is 12.7. The minimum Gasteiger partial charge on any atom is -0.462 e. The third-order valence-corrected chi connectivity index (χ3v) is 7.24. The molecule has 4 nitrogen and oxygen atoms in total. The Morgan fingerprint density at radius 2 is 1.84 bits per heavy atom. The van der Waals surface area contributed by atoms with Gasteiger partial charge in [0.1, 0.15) is 0 Å². The van der Waals surface area contributed by atoms with Gasteiger partial charge in [0.2, 0.25) is 0 Å². The number of ether oxygens (including phenoxy) is 1. The van der Waals surface area contributed by atoms with E-state index < -0.39 is 12.6 Å². The molecule has 0 spiro atoms. The molecular formula is C28H44O4. The summed E-state index contributed by atoms with van der Waals surface area (Å²) in [5.41, 5.74) is 4.57. The Kier molecular flexibility index (Phi) is 12.0. The zero-order chi connectivity index (χ0) is 23.3. The van der Waals surface area contributed by atoms with E-state index in [2.05, 4.69) is 38.6 Å². The molecule has 0 aliphatic heterocycles. The van der Waals surface area contributed by atoms with Crippen molar-refractivity contribution in [3.8, 4) is 0 Å². The van der Waals surface area contributed by atoms with Gasteiger partial charge in [0.05, 0.1) is 18.8 Å². The number of hydrogen-bond acceptors (Lipinski definition) is 4. The summed E-state index contributed by atoms with van der Waals surface area (Å²) >= 11 is 0. The molecule has 0 bridgehead atoms. The number of rotatable bonds is 14. The van der Waals surface area contributed by atoms with Gasteiger partial charge >= 0.3 is 5.97 Å². The molecule has 1 aromatic rings. The summed E-state index contributed by atoms with van der Waals surface area (Å²) in [7, 11) is 0. The van der Waals surface area contributed by atoms with Gasteiger partial charge in [-0.3, -0.25) is 0 Å². The Bertz CT molecular complexity index is 703. The number of benzene rings is 1. The van der Waals surface area contributed by atoms with E-state index in [9.17, 15) is 9.90 Å². The molecule has 1 unspecified atom stereocenters. The van der Waals surface area contributed by atoms with Crippen LogP contribution in [0.5, 0.6) is 0 Å². The lowest BCUT2D eigenvalue weighted by molar-refractivity contribution is -0.142. The van der Waals surface area contributed by atoms with Gasteiger partial charge in [0.25, 0.3) is 0 Å². The van der Waals surface area contributed by atoms with Crippen LogP contribution in [0.15, 0.2) is 30.4 Å². The van der Waals surface area contributed by atoms with Crippen LogP contribution in [0.4, 0.5) is 0 Å². The summed E-state index contributed by atoms with van der Waals surface area (Å²) in [6.07, 6.45) is 13.0. The minimum atomic E-state index is -0.567. The van der Waals surface area contributed by atoms with Crippen LogP contribution in [-0.2, 0) is 28.8 Å². The minimum absolute atomic E-state index is 0.0265. The van der Waals surface area contributed by atoms with Crippen LogP contribution >= 0.6 is 0 Å². The first-order chi connectivity index (χ1) is 15.5. The Morgan fingerprint density at radius 1 is 1.09 bits per heavy atom. The molecule has 2 N–H and O–H groups in total. The maximum absolute atomic E-state index is 11.7. The molecule has 1 aliphatic carbocycles. The highest BCUT2D eigenvalue weighted by atomic mass is 16.5. The van der Waals surface area contributed by atoms with Crippen molar-refractivity contribution >= 4 is 5.97 Å². The van der Waals surface area contributed by atoms with E-state index in [1.807, 2.05) is 0 Å². The van der Waals surface area contributed by atoms with E-state index >= 15 is 0 Å². The fraction of sp³-hybridized carbons (Fsp3) is 0.679. The van der Waals surface area contributed by atoms with Crippen molar-refractivity contribution in [2.75, 3.05) is 19.8 Å². The quantitative estimate of drug-likeness (QED) is 0.228. The average molecular weight is 445 g/mol. The third-order valence-electron chi connectivity index (χ3n) is 7.24. The SMILES string of the molecule is C=C(CO)C(=O)OCC(CO)C1CCC(CCc2ccc(CCCCC)cc2CC)CC1. The lowest BCUT2D eigenvalue weighted by Gasteiger charge is -2.33. The normalized spacial score (nSPS) is 19.5. The average Bonchev–Trinajstić information content (AvgIpc) is 2.83. The molecule has 32 heavy (non-hydrogen) atoms. The molecule has 4 heteroatoms. The molecule has 0 heterocycles. The molecule has 0 radical (unpaired) electrons. The fourth-order valence-electron chi connectivity index (χ4n) is 4.98. The van der Waals surface area contributed by atoms with Crippen LogP contribution in [0.25, 0.3) is 0 Å². The van der Waals surface area contributed by atoms with Crippen molar-refractivity contribution in [1.82, 2.24) is 0 Å². The highest BCUT2D eigenvalue weighted by molar-refractivity contribution is 5.87. The van der Waals surface area contributed by atoms with Gasteiger partial charge in [-0.2, -0.15) is 0 Å². The summed E-state index contributed by atoms with van der Waals surface area (Å²) < 4.78 is 5.24. The monoisotopic (exact) mass is 444 g/mol. The lowest BCUT2D eigenvalue weighted by Crippen LogP contribution is -2.29. The number of aliphatic hydroxyl groups is 2. The Hall–Kier alpha value is -1.65. The van der Waals surface area contributed by atoms with E-state index in [4.69, 9.17) is 9.84 Å². The maximum Gasteiger partial charge on any atom is 0.335 e. The lowest BCUT2D eigenvalue weighted by atomic mass is 9.74. The largest absolute Gasteiger partial charge is 0.462 e. The topological polar surface area (TPSA) is 66.8 Å². The van der Waals surface area contributed by atoms with Crippen LogP contribution in [0, 0.1) is 17.8 Å². The Morgan fingerprint density at radius 3 is 2.47 bits per heavy atom. The summed E-state index contributed by atoms with van der Waals surface area (Å²) in [5, 5.41) is 18.8. The second-order valence-electron chi connectivity index (χ2n) is 9.54. The number of aliphatic hydroxyl groups excluding tert-OH is 2. The third kappa shape index (κ3) is 8.37. The number of aryl methyl sites for hydroxylation is 3. The molecule has 0 aromatic heterocycles. The van der Waals surface area contributed by atoms with Gasteiger partial charge in [-0.25, -0.2) is 4.79 Å². The molecule has 1 aromatic carbocycles. The van der Waals surface area contributed by atoms with Gasteiger partial charge in [0.15, 0.2) is 0 Å². The van der Waals surface area contributed by atoms with E-state index in [1.165, 1.54) is 61.6 Å². The van der Waals surface area contributed by atoms with E-state index in [0.717, 1.165) is 31.6 Å². The van der Waals surface area contributed by atoms with Crippen LogP contribution in [-0.4, -0.2) is 36.0 Å². The van der Waals surface area contributed by atoms with Gasteiger partial charge in [-0.1, -0.05) is 64.3 Å². The zero-order valence-electron chi connectivity index (χ0n) is 20.3. The summed E-state index contributed by atoms with van der Waals surface area (Å²) in [6, 6.07) is 7.13. The number of carbonyl (C=O) groups is 1. The van der Waals surface area contributed by atoms with Crippen LogP contribution in [0.3, 0.4) is 0 Å². The molecular weight excluding hydrogens is 400 g/mol. The predicted octanol–water partition coefficient (Wildman–Crippen LogP) is 5.42. The van der Waals surface area contributed by atoms with Gasteiger partial charge in [-0.05, 0) is 73.5 Å². The van der Waals surface area contributed by atoms with Crippen molar-refractivity contribution in [1.29, 1.82) is 0 Å². The van der Waals surface area contributed by atoms with Crippen molar-refractivity contribution in [3.63, 3.8) is 0 Å². The molecule has 2 rings (SSSR count). The fourth-order valence-corrected chi connectivity index (χ4v) is 4.98. The second kappa shape index (κ2) is 14.5. The van der Waals surface area contributed by atoms with E-state index in [0.29, 0.717) is 5.92 Å². The zero-order valence-corrected chi connectivity index (χ0v) is 20.3. The van der Waals surface area contributed by atoms with Crippen molar-refractivity contribution < 1.29 is 19.7 Å². The molecule has 1 saturated carbocycles. The molecule has 0 amide bonds. The Labute approximate surface area is 195 Å². The summed E-state index contributed by atoms with van der Waals surface area (Å²) in [4.78, 5) is 11.7. The molecule has 1 aliphatic rings. The van der Waals surface area contributed by atoms with Gasteiger partial charge in [0, 0.05) is 12.5 Å². The second-order valence-corrected chi connectivity index (χ2v) is 9.54. The van der Waals surface area contributed by atoms with Crippen LogP contribution in [0.1, 0.15) is 81.9 Å². The van der Waals surface area contributed by atoms with E-state index in [1.54, 1.807) is 0 Å². The highest BCUT2D eigenvalue weighted by Gasteiger charge is 2.28. The van der Waals surface area contributed by atoms with E-state index in [-0.39, 0.29) is 24.7 Å². The molecule has 180 valence electrons. The number of esters is 1. The van der Waals surface area contributed by atoms with Crippen LogP contribution in [0.2, 0.25) is 0 Å². The Balaban J connectivity index is 1.79. The first-order valence-corrected chi connectivity index (χ1v) is 12.7. The first kappa shape index (κ1) is 26.6. The molecule has 1 atom stereocenters. The number of carbonyl (C=O) groups excluding carboxylic acids is 1. The van der Waals surface area contributed by atoms with Gasteiger partial charge in [-0.15, -0.1) is 0 Å². The molecule has 1 fully saturated rings. The highest BCUT2D eigenvalue weighted by Crippen LogP contribution is 2.36. The number of hydrogen-bond donors (Lipinski definition) is 2.